The molecule has 1 fully saturated rings. The van der Waals surface area contributed by atoms with Crippen LogP contribution in [0.3, 0.4) is 0 Å². The standard InChI is InChI=1S/C22H26N4/c1-25(20-7-3-2-4-8-20)21-11-9-18(10-12-21)16-26-15-5-6-19(17-26)22-13-14-23-24-22/h2-4,7-14,19H,5-6,15-17H2,1H3,(H,23,24). The summed E-state index contributed by atoms with van der Waals surface area (Å²) in [5, 5.41) is 7.25. The van der Waals surface area contributed by atoms with E-state index in [1.54, 1.807) is 0 Å². The minimum absolute atomic E-state index is 0.578. The number of hydrogen-bond donors (Lipinski definition) is 1. The van der Waals surface area contributed by atoms with Gasteiger partial charge < -0.3 is 4.90 Å². The summed E-state index contributed by atoms with van der Waals surface area (Å²) < 4.78 is 0. The van der Waals surface area contributed by atoms with Gasteiger partial charge in [-0.25, -0.2) is 0 Å². The predicted octanol–water partition coefficient (Wildman–Crippen LogP) is 4.56. The van der Waals surface area contributed by atoms with E-state index in [1.165, 1.54) is 42.0 Å². The molecule has 1 atom stereocenters. The summed E-state index contributed by atoms with van der Waals surface area (Å²) in [5.41, 5.74) is 5.07. The molecule has 1 N–H and O–H groups in total. The highest BCUT2D eigenvalue weighted by molar-refractivity contribution is 5.62. The molecule has 1 aromatic heterocycles. The van der Waals surface area contributed by atoms with Crippen molar-refractivity contribution in [2.75, 3.05) is 25.0 Å². The molecular weight excluding hydrogens is 320 g/mol. The van der Waals surface area contributed by atoms with E-state index in [4.69, 9.17) is 0 Å². The van der Waals surface area contributed by atoms with Crippen LogP contribution in [-0.4, -0.2) is 35.2 Å². The molecule has 2 heterocycles. The fourth-order valence-corrected chi connectivity index (χ4v) is 3.83. The maximum absolute atomic E-state index is 4.11. The Morgan fingerprint density at radius 2 is 1.81 bits per heavy atom. The van der Waals surface area contributed by atoms with E-state index >= 15 is 0 Å². The van der Waals surface area contributed by atoms with Crippen LogP contribution in [0.2, 0.25) is 0 Å². The number of anilines is 2. The summed E-state index contributed by atoms with van der Waals surface area (Å²) in [5.74, 6) is 0.578. The van der Waals surface area contributed by atoms with Crippen LogP contribution in [-0.2, 0) is 6.54 Å². The quantitative estimate of drug-likeness (QED) is 0.736. The van der Waals surface area contributed by atoms with Gasteiger partial charge in [0.1, 0.15) is 0 Å². The molecule has 26 heavy (non-hydrogen) atoms. The monoisotopic (exact) mass is 346 g/mol. The molecule has 1 aliphatic heterocycles. The Kier molecular flexibility index (Phi) is 5.02. The van der Waals surface area contributed by atoms with Crippen molar-refractivity contribution in [2.24, 2.45) is 0 Å². The second-order valence-corrected chi connectivity index (χ2v) is 7.15. The Morgan fingerprint density at radius 3 is 2.54 bits per heavy atom. The first-order valence-corrected chi connectivity index (χ1v) is 9.39. The molecule has 0 saturated carbocycles. The topological polar surface area (TPSA) is 35.2 Å². The van der Waals surface area contributed by atoms with E-state index in [0.29, 0.717) is 5.92 Å². The third kappa shape index (κ3) is 3.81. The van der Waals surface area contributed by atoms with Crippen molar-refractivity contribution in [3.8, 4) is 0 Å². The zero-order valence-corrected chi connectivity index (χ0v) is 15.3. The van der Waals surface area contributed by atoms with Crippen molar-refractivity contribution in [3.05, 3.63) is 78.1 Å². The number of H-pyrrole nitrogens is 1. The summed E-state index contributed by atoms with van der Waals surface area (Å²) in [4.78, 5) is 4.78. The smallest absolute Gasteiger partial charge is 0.0490 e. The maximum Gasteiger partial charge on any atom is 0.0490 e. The highest BCUT2D eigenvalue weighted by Crippen LogP contribution is 2.27. The lowest BCUT2D eigenvalue weighted by Gasteiger charge is -2.32. The molecule has 0 radical (unpaired) electrons. The number of likely N-dealkylation sites (tertiary alicyclic amines) is 1. The van der Waals surface area contributed by atoms with Gasteiger partial charge in [-0.05, 0) is 55.3 Å². The van der Waals surface area contributed by atoms with Crippen LogP contribution in [0.15, 0.2) is 66.9 Å². The van der Waals surface area contributed by atoms with E-state index in [0.717, 1.165) is 13.1 Å². The van der Waals surface area contributed by atoms with Crippen molar-refractivity contribution in [2.45, 2.75) is 25.3 Å². The van der Waals surface area contributed by atoms with E-state index in [9.17, 15) is 0 Å². The van der Waals surface area contributed by atoms with Gasteiger partial charge in [-0.1, -0.05) is 30.3 Å². The Balaban J connectivity index is 1.39. The van der Waals surface area contributed by atoms with Crippen LogP contribution >= 0.6 is 0 Å². The van der Waals surface area contributed by atoms with Gasteiger partial charge in [-0.3, -0.25) is 10.00 Å². The van der Waals surface area contributed by atoms with Gasteiger partial charge in [0.05, 0.1) is 0 Å². The molecule has 1 unspecified atom stereocenters. The second kappa shape index (κ2) is 7.75. The van der Waals surface area contributed by atoms with Gasteiger partial charge in [0.15, 0.2) is 0 Å². The summed E-state index contributed by atoms with van der Waals surface area (Å²) in [7, 11) is 2.12. The molecule has 0 aliphatic carbocycles. The van der Waals surface area contributed by atoms with Crippen LogP contribution in [0.4, 0.5) is 11.4 Å². The molecule has 0 bridgehead atoms. The third-order valence-corrected chi connectivity index (χ3v) is 5.34. The molecule has 0 spiro atoms. The Labute approximate surface area is 155 Å². The lowest BCUT2D eigenvalue weighted by atomic mass is 9.94. The van der Waals surface area contributed by atoms with E-state index in [-0.39, 0.29) is 0 Å². The molecule has 1 saturated heterocycles. The Bertz CT molecular complexity index is 796. The lowest BCUT2D eigenvalue weighted by molar-refractivity contribution is 0.198. The maximum atomic E-state index is 4.11. The normalized spacial score (nSPS) is 18.0. The molecule has 4 rings (SSSR count). The number of piperidine rings is 1. The van der Waals surface area contributed by atoms with Crippen molar-refractivity contribution in [1.29, 1.82) is 0 Å². The van der Waals surface area contributed by atoms with Gasteiger partial charge in [-0.2, -0.15) is 5.10 Å². The van der Waals surface area contributed by atoms with Gasteiger partial charge in [0.2, 0.25) is 0 Å². The van der Waals surface area contributed by atoms with Crippen molar-refractivity contribution >= 4 is 11.4 Å². The molecule has 4 nitrogen and oxygen atoms in total. The number of nitrogens with one attached hydrogen (secondary N) is 1. The first kappa shape index (κ1) is 16.9. The average Bonchev–Trinajstić information content (AvgIpc) is 3.24. The zero-order chi connectivity index (χ0) is 17.8. The van der Waals surface area contributed by atoms with Crippen molar-refractivity contribution in [1.82, 2.24) is 15.1 Å². The van der Waals surface area contributed by atoms with Gasteiger partial charge in [-0.15, -0.1) is 0 Å². The van der Waals surface area contributed by atoms with Gasteiger partial charge in [0, 0.05) is 49.3 Å². The van der Waals surface area contributed by atoms with Crippen LogP contribution in [0.1, 0.15) is 30.0 Å². The van der Waals surface area contributed by atoms with E-state index in [1.807, 2.05) is 6.20 Å². The zero-order valence-electron chi connectivity index (χ0n) is 15.3. The second-order valence-electron chi connectivity index (χ2n) is 7.15. The molecule has 2 aromatic carbocycles. The number of nitrogens with zero attached hydrogens (tertiary/aromatic N) is 3. The minimum atomic E-state index is 0.578. The lowest BCUT2D eigenvalue weighted by Crippen LogP contribution is -2.34. The fraction of sp³-hybridized carbons (Fsp3) is 0.318. The predicted molar refractivity (Wildman–Crippen MR) is 107 cm³/mol. The first-order valence-electron chi connectivity index (χ1n) is 9.39. The van der Waals surface area contributed by atoms with Gasteiger partial charge >= 0.3 is 0 Å². The van der Waals surface area contributed by atoms with E-state index < -0.39 is 0 Å². The molecular formula is C22H26N4. The van der Waals surface area contributed by atoms with Crippen LogP contribution in [0.25, 0.3) is 0 Å². The molecule has 1 aliphatic rings. The molecule has 4 heteroatoms. The number of para-hydroxylation sites is 1. The summed E-state index contributed by atoms with van der Waals surface area (Å²) in [6.07, 6.45) is 4.36. The summed E-state index contributed by atoms with van der Waals surface area (Å²) in [6, 6.07) is 21.5. The number of aromatic nitrogens is 2. The summed E-state index contributed by atoms with van der Waals surface area (Å²) >= 11 is 0. The number of benzene rings is 2. The largest absolute Gasteiger partial charge is 0.345 e. The average molecular weight is 346 g/mol. The third-order valence-electron chi connectivity index (χ3n) is 5.34. The highest BCUT2D eigenvalue weighted by atomic mass is 15.1. The minimum Gasteiger partial charge on any atom is -0.345 e. The first-order chi connectivity index (χ1) is 12.8. The van der Waals surface area contributed by atoms with Crippen molar-refractivity contribution < 1.29 is 0 Å². The number of aromatic amines is 1. The summed E-state index contributed by atoms with van der Waals surface area (Å²) in [6.45, 7) is 3.30. The van der Waals surface area contributed by atoms with Crippen LogP contribution in [0.5, 0.6) is 0 Å². The van der Waals surface area contributed by atoms with E-state index in [2.05, 4.69) is 87.7 Å². The Morgan fingerprint density at radius 1 is 1.04 bits per heavy atom. The van der Waals surface area contributed by atoms with Crippen LogP contribution in [0, 0.1) is 0 Å². The SMILES string of the molecule is CN(c1ccccc1)c1ccc(CN2CCCC(c3ccn[nH]3)C2)cc1. The fourth-order valence-electron chi connectivity index (χ4n) is 3.83. The number of hydrogen-bond acceptors (Lipinski definition) is 3. The molecule has 3 aromatic rings. The molecule has 134 valence electrons. The van der Waals surface area contributed by atoms with Crippen molar-refractivity contribution in [3.63, 3.8) is 0 Å². The Hall–Kier alpha value is -2.59. The number of rotatable bonds is 5. The highest BCUT2D eigenvalue weighted by Gasteiger charge is 2.22. The molecule has 0 amide bonds. The van der Waals surface area contributed by atoms with Crippen LogP contribution < -0.4 is 4.90 Å². The van der Waals surface area contributed by atoms with Gasteiger partial charge in [0.25, 0.3) is 0 Å².